The largest absolute Gasteiger partial charge is 0.261 e. The molecule has 3 nitrogen and oxygen atoms in total. The summed E-state index contributed by atoms with van der Waals surface area (Å²) in [7, 11) is 1.65. The Morgan fingerprint density at radius 1 is 1.12 bits per heavy atom. The van der Waals surface area contributed by atoms with Crippen LogP contribution in [0, 0.1) is 5.82 Å². The van der Waals surface area contributed by atoms with Crippen molar-refractivity contribution < 1.29 is 4.39 Å². The summed E-state index contributed by atoms with van der Waals surface area (Å²) in [5.74, 6) is -0.451. The third kappa shape index (κ3) is 3.80. The number of hydrogen-bond donors (Lipinski definition) is 0. The van der Waals surface area contributed by atoms with Crippen LogP contribution in [-0.4, -0.2) is 17.9 Å². The highest BCUT2D eigenvalue weighted by Gasteiger charge is 2.12. The summed E-state index contributed by atoms with van der Waals surface area (Å²) in [6.45, 7) is 0. The first-order valence-corrected chi connectivity index (χ1v) is 9.09. The van der Waals surface area contributed by atoms with Gasteiger partial charge in [-0.15, -0.1) is 11.3 Å². The lowest BCUT2D eigenvalue weighted by atomic mass is 10.2. The van der Waals surface area contributed by atoms with Crippen molar-refractivity contribution in [1.82, 2.24) is 4.68 Å². The van der Waals surface area contributed by atoms with Crippen molar-refractivity contribution in [2.45, 2.75) is 0 Å². The highest BCUT2D eigenvalue weighted by Crippen LogP contribution is 2.30. The Hall–Kier alpha value is -1.66. The molecule has 1 heterocycles. The van der Waals surface area contributed by atoms with Gasteiger partial charge in [0.15, 0.2) is 0 Å². The van der Waals surface area contributed by atoms with Gasteiger partial charge < -0.3 is 0 Å². The molecule has 0 aliphatic carbocycles. The predicted octanol–water partition coefficient (Wildman–Crippen LogP) is 5.73. The Labute approximate surface area is 162 Å². The van der Waals surface area contributed by atoms with E-state index < -0.39 is 5.82 Å². The molecule has 8 heteroatoms. The second-order valence-electron chi connectivity index (χ2n) is 4.94. The molecule has 0 saturated heterocycles. The molecule has 0 saturated carbocycles. The first-order valence-electron chi connectivity index (χ1n) is 7.08. The highest BCUT2D eigenvalue weighted by molar-refractivity contribution is 7.07. The molecule has 0 amide bonds. The van der Waals surface area contributed by atoms with Gasteiger partial charge in [0.2, 0.25) is 4.80 Å². The summed E-state index contributed by atoms with van der Waals surface area (Å²) in [5, 5.41) is 7.54. The first-order chi connectivity index (χ1) is 12.0. The van der Waals surface area contributed by atoms with Crippen molar-refractivity contribution in [3.63, 3.8) is 0 Å². The SMILES string of the molecule is CN=c1scc(-c2ccc(Cl)cc2Cl)n1/N=C\c1c(F)cccc1Cl. The molecule has 128 valence electrons. The van der Waals surface area contributed by atoms with Crippen molar-refractivity contribution in [1.29, 1.82) is 0 Å². The van der Waals surface area contributed by atoms with Gasteiger partial charge >= 0.3 is 0 Å². The van der Waals surface area contributed by atoms with Crippen LogP contribution in [-0.2, 0) is 0 Å². The van der Waals surface area contributed by atoms with E-state index >= 15 is 0 Å². The smallest absolute Gasteiger partial charge is 0.205 e. The zero-order chi connectivity index (χ0) is 18.0. The van der Waals surface area contributed by atoms with Crippen LogP contribution in [0.1, 0.15) is 5.56 Å². The van der Waals surface area contributed by atoms with Crippen molar-refractivity contribution in [3.05, 3.63) is 73.0 Å². The molecule has 0 radical (unpaired) electrons. The lowest BCUT2D eigenvalue weighted by Gasteiger charge is -2.06. The van der Waals surface area contributed by atoms with Gasteiger partial charge in [0.1, 0.15) is 5.82 Å². The monoisotopic (exact) mass is 413 g/mol. The number of benzene rings is 2. The Morgan fingerprint density at radius 3 is 2.60 bits per heavy atom. The molecular weight excluding hydrogens is 404 g/mol. The molecule has 0 fully saturated rings. The maximum atomic E-state index is 14.0. The fourth-order valence-corrected chi connectivity index (χ4v) is 3.71. The Morgan fingerprint density at radius 2 is 1.92 bits per heavy atom. The minimum atomic E-state index is -0.451. The summed E-state index contributed by atoms with van der Waals surface area (Å²) in [6, 6.07) is 9.66. The van der Waals surface area contributed by atoms with Crippen LogP contribution in [0.4, 0.5) is 4.39 Å². The second-order valence-corrected chi connectivity index (χ2v) is 7.03. The molecular formula is C17H11Cl3FN3S. The van der Waals surface area contributed by atoms with E-state index in [0.29, 0.717) is 14.8 Å². The van der Waals surface area contributed by atoms with E-state index in [2.05, 4.69) is 10.1 Å². The molecule has 0 aliphatic rings. The zero-order valence-electron chi connectivity index (χ0n) is 12.9. The molecule has 0 N–H and O–H groups in total. The van der Waals surface area contributed by atoms with E-state index in [9.17, 15) is 4.39 Å². The van der Waals surface area contributed by atoms with E-state index in [1.165, 1.54) is 23.6 Å². The summed E-state index contributed by atoms with van der Waals surface area (Å²) in [4.78, 5) is 4.82. The van der Waals surface area contributed by atoms with Crippen molar-refractivity contribution in [2.24, 2.45) is 10.1 Å². The molecule has 0 spiro atoms. The van der Waals surface area contributed by atoms with Crippen LogP contribution in [0.15, 0.2) is 51.9 Å². The molecule has 1 aromatic heterocycles. The van der Waals surface area contributed by atoms with E-state index in [-0.39, 0.29) is 10.6 Å². The van der Waals surface area contributed by atoms with E-state index in [4.69, 9.17) is 34.8 Å². The molecule has 2 aromatic carbocycles. The number of aromatic nitrogens is 1. The average molecular weight is 415 g/mol. The normalized spacial score (nSPS) is 12.3. The molecule has 0 aliphatic heterocycles. The maximum Gasteiger partial charge on any atom is 0.205 e. The third-order valence-electron chi connectivity index (χ3n) is 3.39. The molecule has 3 rings (SSSR count). The van der Waals surface area contributed by atoms with E-state index in [1.54, 1.807) is 42.1 Å². The number of nitrogens with zero attached hydrogens (tertiary/aromatic N) is 3. The van der Waals surface area contributed by atoms with E-state index in [1.807, 2.05) is 5.38 Å². The second kappa shape index (κ2) is 7.70. The summed E-state index contributed by atoms with van der Waals surface area (Å²) in [5.41, 5.74) is 1.67. The quantitative estimate of drug-likeness (QED) is 0.490. The van der Waals surface area contributed by atoms with Gasteiger partial charge in [0.05, 0.1) is 22.0 Å². The molecule has 0 atom stereocenters. The first kappa shape index (κ1) is 18.1. The van der Waals surface area contributed by atoms with Gasteiger partial charge in [-0.05, 0) is 30.3 Å². The van der Waals surface area contributed by atoms with Gasteiger partial charge in [-0.1, -0.05) is 40.9 Å². The van der Waals surface area contributed by atoms with Crippen LogP contribution in [0.5, 0.6) is 0 Å². The van der Waals surface area contributed by atoms with Crippen LogP contribution in [0.2, 0.25) is 15.1 Å². The van der Waals surface area contributed by atoms with Crippen LogP contribution >= 0.6 is 46.1 Å². The lowest BCUT2D eigenvalue weighted by molar-refractivity contribution is 0.625. The molecule has 25 heavy (non-hydrogen) atoms. The highest BCUT2D eigenvalue weighted by atomic mass is 35.5. The number of halogens is 4. The fourth-order valence-electron chi connectivity index (χ4n) is 2.19. The van der Waals surface area contributed by atoms with Gasteiger partial charge in [-0.2, -0.15) is 5.10 Å². The van der Waals surface area contributed by atoms with Crippen molar-refractivity contribution in [2.75, 3.05) is 7.05 Å². The third-order valence-corrected chi connectivity index (χ3v) is 5.17. The number of hydrogen-bond acceptors (Lipinski definition) is 3. The molecule has 0 bridgehead atoms. The minimum absolute atomic E-state index is 0.207. The van der Waals surface area contributed by atoms with Crippen molar-refractivity contribution >= 4 is 52.4 Å². The molecule has 0 unspecified atom stereocenters. The Kier molecular flexibility index (Phi) is 5.59. The van der Waals surface area contributed by atoms with Crippen LogP contribution < -0.4 is 4.80 Å². The number of thiazole rings is 1. The standard InChI is InChI=1S/C17H11Cl3FN3S/c1-22-17-24(23-8-12-13(19)3-2-4-15(12)21)16(9-25-17)11-6-5-10(18)7-14(11)20/h2-9H,1H3/b22-17?,23-8-. The summed E-state index contributed by atoms with van der Waals surface area (Å²) < 4.78 is 15.5. The van der Waals surface area contributed by atoms with Gasteiger partial charge in [0, 0.05) is 28.6 Å². The summed E-state index contributed by atoms with van der Waals surface area (Å²) >= 11 is 19.7. The van der Waals surface area contributed by atoms with Gasteiger partial charge in [-0.3, -0.25) is 4.99 Å². The van der Waals surface area contributed by atoms with Crippen LogP contribution in [0.25, 0.3) is 11.3 Å². The maximum absolute atomic E-state index is 14.0. The van der Waals surface area contributed by atoms with Gasteiger partial charge in [-0.25, -0.2) is 9.07 Å². The Balaban J connectivity index is 2.14. The Bertz CT molecular complexity index is 1000. The van der Waals surface area contributed by atoms with E-state index in [0.717, 1.165) is 11.3 Å². The fraction of sp³-hybridized carbons (Fsp3) is 0.0588. The summed E-state index contributed by atoms with van der Waals surface area (Å²) in [6.07, 6.45) is 1.37. The minimum Gasteiger partial charge on any atom is -0.261 e. The zero-order valence-corrected chi connectivity index (χ0v) is 16.0. The topological polar surface area (TPSA) is 29.6 Å². The van der Waals surface area contributed by atoms with Crippen LogP contribution in [0.3, 0.4) is 0 Å². The molecule has 3 aromatic rings. The predicted molar refractivity (Wildman–Crippen MR) is 104 cm³/mol. The average Bonchev–Trinajstić information content (AvgIpc) is 2.97. The number of rotatable bonds is 3. The van der Waals surface area contributed by atoms with Gasteiger partial charge in [0.25, 0.3) is 0 Å². The van der Waals surface area contributed by atoms with Crippen molar-refractivity contribution in [3.8, 4) is 11.3 Å². The lowest BCUT2D eigenvalue weighted by Crippen LogP contribution is -2.12.